The molecule has 152 valence electrons. The molecular weight excluding hydrogens is 382 g/mol. The monoisotopic (exact) mass is 403 g/mol. The van der Waals surface area contributed by atoms with Gasteiger partial charge in [0.2, 0.25) is 5.91 Å². The third kappa shape index (κ3) is 5.45. The predicted molar refractivity (Wildman–Crippen MR) is 115 cm³/mol. The van der Waals surface area contributed by atoms with Crippen LogP contribution in [0.5, 0.6) is 0 Å². The van der Waals surface area contributed by atoms with Crippen LogP contribution in [0.4, 0.5) is 11.4 Å². The first-order valence-electron chi connectivity index (χ1n) is 9.23. The van der Waals surface area contributed by atoms with Crippen molar-refractivity contribution in [2.75, 3.05) is 10.6 Å². The molecule has 3 N–H and O–H groups in total. The Morgan fingerprint density at radius 1 is 0.867 bits per heavy atom. The molecule has 30 heavy (non-hydrogen) atoms. The quantitative estimate of drug-likeness (QED) is 0.543. The molecule has 0 fully saturated rings. The Bertz CT molecular complexity index is 1080. The van der Waals surface area contributed by atoms with E-state index in [0.717, 1.165) is 5.56 Å². The molecule has 0 spiro atoms. The van der Waals surface area contributed by atoms with E-state index in [2.05, 4.69) is 16.0 Å². The van der Waals surface area contributed by atoms with Crippen LogP contribution >= 0.6 is 0 Å². The summed E-state index contributed by atoms with van der Waals surface area (Å²) in [5.74, 6) is -0.678. The van der Waals surface area contributed by atoms with Crippen molar-refractivity contribution >= 4 is 35.2 Å². The van der Waals surface area contributed by atoms with Gasteiger partial charge in [-0.25, -0.2) is 0 Å². The van der Waals surface area contributed by atoms with Crippen LogP contribution in [-0.2, 0) is 9.59 Å². The lowest BCUT2D eigenvalue weighted by Crippen LogP contribution is -2.31. The van der Waals surface area contributed by atoms with Gasteiger partial charge in [0.05, 0.1) is 6.26 Å². The molecule has 0 atom stereocenters. The van der Waals surface area contributed by atoms with Crippen LogP contribution in [0.3, 0.4) is 0 Å². The van der Waals surface area contributed by atoms with Gasteiger partial charge in [0.25, 0.3) is 11.8 Å². The number of aryl methyl sites for hydroxylation is 1. The van der Waals surface area contributed by atoms with Gasteiger partial charge in [-0.05, 0) is 55.0 Å². The summed E-state index contributed by atoms with van der Waals surface area (Å²) in [5.41, 5.74) is 2.41. The molecule has 0 aliphatic rings. The van der Waals surface area contributed by atoms with Crippen molar-refractivity contribution in [3.05, 3.63) is 89.5 Å². The number of benzene rings is 2. The first kappa shape index (κ1) is 20.6. The largest absolute Gasteiger partial charge is 0.465 e. The van der Waals surface area contributed by atoms with E-state index >= 15 is 0 Å². The molecule has 3 aromatic rings. The van der Waals surface area contributed by atoms with E-state index in [-0.39, 0.29) is 11.6 Å². The Kier molecular flexibility index (Phi) is 6.44. The summed E-state index contributed by atoms with van der Waals surface area (Å²) in [7, 11) is 0. The standard InChI is InChI=1S/C23H21N3O4/c1-15-6-3-4-8-20(15)22(28)26-21(14-19-7-5-13-30-19)23(29)25-18-11-9-17(10-12-18)24-16(2)27/h3-14H,1-2H3,(H,24,27)(H,25,29)(H,26,28)/b21-14-. The summed E-state index contributed by atoms with van der Waals surface area (Å²) in [6, 6.07) is 17.1. The fourth-order valence-electron chi connectivity index (χ4n) is 2.73. The fourth-order valence-corrected chi connectivity index (χ4v) is 2.73. The van der Waals surface area contributed by atoms with Crippen molar-refractivity contribution in [2.24, 2.45) is 0 Å². The Balaban J connectivity index is 1.80. The van der Waals surface area contributed by atoms with E-state index in [1.807, 2.05) is 19.1 Å². The number of carbonyl (C=O) groups is 3. The molecule has 7 nitrogen and oxygen atoms in total. The van der Waals surface area contributed by atoms with E-state index in [9.17, 15) is 14.4 Å². The second-order valence-electron chi connectivity index (χ2n) is 6.56. The van der Waals surface area contributed by atoms with Gasteiger partial charge >= 0.3 is 0 Å². The van der Waals surface area contributed by atoms with E-state index in [4.69, 9.17) is 4.42 Å². The minimum atomic E-state index is -0.513. The Morgan fingerprint density at radius 3 is 2.13 bits per heavy atom. The minimum Gasteiger partial charge on any atom is -0.465 e. The number of amides is 3. The molecule has 2 aromatic carbocycles. The SMILES string of the molecule is CC(=O)Nc1ccc(NC(=O)/C(=C/c2ccco2)NC(=O)c2ccccc2C)cc1. The smallest absolute Gasteiger partial charge is 0.272 e. The summed E-state index contributed by atoms with van der Waals surface area (Å²) in [6.07, 6.45) is 2.93. The van der Waals surface area contributed by atoms with Crippen molar-refractivity contribution in [1.29, 1.82) is 0 Å². The molecule has 1 aromatic heterocycles. The maximum Gasteiger partial charge on any atom is 0.272 e. The predicted octanol–water partition coefficient (Wildman–Crippen LogP) is 3.96. The summed E-state index contributed by atoms with van der Waals surface area (Å²) >= 11 is 0. The zero-order chi connectivity index (χ0) is 21.5. The van der Waals surface area contributed by atoms with Crippen molar-refractivity contribution in [3.8, 4) is 0 Å². The number of carbonyl (C=O) groups excluding carboxylic acids is 3. The van der Waals surface area contributed by atoms with Crippen molar-refractivity contribution in [2.45, 2.75) is 13.8 Å². The highest BCUT2D eigenvalue weighted by Crippen LogP contribution is 2.16. The summed E-state index contributed by atoms with van der Waals surface area (Å²) < 4.78 is 5.28. The average molecular weight is 403 g/mol. The summed E-state index contributed by atoms with van der Waals surface area (Å²) in [5, 5.41) is 8.05. The fraction of sp³-hybridized carbons (Fsp3) is 0.0870. The maximum atomic E-state index is 12.8. The summed E-state index contributed by atoms with van der Waals surface area (Å²) in [4.78, 5) is 36.7. The van der Waals surface area contributed by atoms with Crippen LogP contribution in [0.1, 0.15) is 28.6 Å². The van der Waals surface area contributed by atoms with Gasteiger partial charge in [-0.2, -0.15) is 0 Å². The van der Waals surface area contributed by atoms with E-state index in [1.165, 1.54) is 19.3 Å². The van der Waals surface area contributed by atoms with Crippen molar-refractivity contribution in [3.63, 3.8) is 0 Å². The average Bonchev–Trinajstić information content (AvgIpc) is 3.22. The number of hydrogen-bond donors (Lipinski definition) is 3. The first-order valence-corrected chi connectivity index (χ1v) is 9.23. The van der Waals surface area contributed by atoms with Gasteiger partial charge in [-0.1, -0.05) is 18.2 Å². The molecule has 0 bridgehead atoms. The summed E-state index contributed by atoms with van der Waals surface area (Å²) in [6.45, 7) is 3.24. The molecule has 0 aliphatic heterocycles. The Morgan fingerprint density at radius 2 is 1.53 bits per heavy atom. The molecule has 0 saturated carbocycles. The minimum absolute atomic E-state index is 0.0316. The van der Waals surface area contributed by atoms with Crippen LogP contribution in [0.2, 0.25) is 0 Å². The Hall–Kier alpha value is -4.13. The van der Waals surface area contributed by atoms with E-state index in [1.54, 1.807) is 48.5 Å². The van der Waals surface area contributed by atoms with Gasteiger partial charge in [-0.15, -0.1) is 0 Å². The third-order valence-electron chi connectivity index (χ3n) is 4.18. The normalized spacial score (nSPS) is 10.9. The van der Waals surface area contributed by atoms with Gasteiger partial charge in [0.15, 0.2) is 0 Å². The number of hydrogen-bond acceptors (Lipinski definition) is 4. The first-order chi connectivity index (χ1) is 14.4. The van der Waals surface area contributed by atoms with E-state index in [0.29, 0.717) is 22.7 Å². The van der Waals surface area contributed by atoms with Gasteiger partial charge < -0.3 is 20.4 Å². The van der Waals surface area contributed by atoms with Gasteiger partial charge in [0, 0.05) is 29.9 Å². The molecular formula is C23H21N3O4. The van der Waals surface area contributed by atoms with Crippen molar-refractivity contribution < 1.29 is 18.8 Å². The molecule has 0 radical (unpaired) electrons. The number of anilines is 2. The third-order valence-corrected chi connectivity index (χ3v) is 4.18. The van der Waals surface area contributed by atoms with Crippen LogP contribution in [0.15, 0.2) is 77.0 Å². The van der Waals surface area contributed by atoms with E-state index < -0.39 is 11.8 Å². The van der Waals surface area contributed by atoms with Crippen LogP contribution in [0, 0.1) is 6.92 Å². The second kappa shape index (κ2) is 9.38. The Labute approximate surface area is 173 Å². The van der Waals surface area contributed by atoms with Gasteiger partial charge in [0.1, 0.15) is 11.5 Å². The lowest BCUT2D eigenvalue weighted by molar-refractivity contribution is -0.114. The highest BCUT2D eigenvalue weighted by Gasteiger charge is 2.16. The molecule has 0 unspecified atom stereocenters. The number of furan rings is 1. The lowest BCUT2D eigenvalue weighted by atomic mass is 10.1. The zero-order valence-electron chi connectivity index (χ0n) is 16.6. The molecule has 1 heterocycles. The topological polar surface area (TPSA) is 100 Å². The molecule has 0 saturated heterocycles. The number of rotatable bonds is 6. The van der Waals surface area contributed by atoms with Crippen molar-refractivity contribution in [1.82, 2.24) is 5.32 Å². The highest BCUT2D eigenvalue weighted by molar-refractivity contribution is 6.10. The van der Waals surface area contributed by atoms with Gasteiger partial charge in [-0.3, -0.25) is 14.4 Å². The lowest BCUT2D eigenvalue weighted by Gasteiger charge is -2.12. The van der Waals surface area contributed by atoms with Crippen LogP contribution in [-0.4, -0.2) is 17.7 Å². The highest BCUT2D eigenvalue weighted by atomic mass is 16.3. The maximum absolute atomic E-state index is 12.8. The van der Waals surface area contributed by atoms with Crippen LogP contribution in [0.25, 0.3) is 6.08 Å². The molecule has 3 amide bonds. The molecule has 7 heteroatoms. The number of nitrogens with one attached hydrogen (secondary N) is 3. The van der Waals surface area contributed by atoms with Crippen LogP contribution < -0.4 is 16.0 Å². The zero-order valence-corrected chi connectivity index (χ0v) is 16.6. The molecule has 0 aliphatic carbocycles. The molecule has 3 rings (SSSR count). The second-order valence-corrected chi connectivity index (χ2v) is 6.56.